The Kier molecular flexibility index (Phi) is 2.79. The van der Waals surface area contributed by atoms with Crippen LogP contribution in [0.15, 0.2) is 46.6 Å². The third-order valence-corrected chi connectivity index (χ3v) is 3.37. The molecule has 1 heterocycles. The molecule has 0 spiro atoms. The Bertz CT molecular complexity index is 772. The maximum absolute atomic E-state index is 7.11. The number of hydrogen-bond donors (Lipinski definition) is 3. The number of H-pyrrole nitrogens is 1. The quantitative estimate of drug-likeness (QED) is 0.574. The smallest absolute Gasteiger partial charge is 0.0870 e. The molecule has 0 amide bonds. The Morgan fingerprint density at radius 2 is 1.68 bits per heavy atom. The number of benzene rings is 2. The lowest BCUT2D eigenvalue weighted by Crippen LogP contribution is -1.93. The van der Waals surface area contributed by atoms with Crippen molar-refractivity contribution in [3.63, 3.8) is 0 Å². The molecular formula is C14H13N5. The minimum absolute atomic E-state index is 0.314. The van der Waals surface area contributed by atoms with Gasteiger partial charge in [-0.2, -0.15) is 10.2 Å². The first-order valence-corrected chi connectivity index (χ1v) is 6.02. The van der Waals surface area contributed by atoms with Gasteiger partial charge in [0.2, 0.25) is 0 Å². The SMILES string of the molecule is N=NCc1ccc2c([nH]c3ccccc32)c1CN=N. The topological polar surface area (TPSA) is 88.2 Å². The van der Waals surface area contributed by atoms with Crippen LogP contribution in [0.4, 0.5) is 0 Å². The van der Waals surface area contributed by atoms with Crippen LogP contribution in [0.2, 0.25) is 0 Å². The number of hydrogen-bond acceptors (Lipinski definition) is 4. The maximum Gasteiger partial charge on any atom is 0.0870 e. The predicted octanol–water partition coefficient (Wildman–Crippen LogP) is 4.38. The van der Waals surface area contributed by atoms with E-state index in [0.717, 1.165) is 32.9 Å². The average molecular weight is 251 g/mol. The predicted molar refractivity (Wildman–Crippen MR) is 73.5 cm³/mol. The van der Waals surface area contributed by atoms with Crippen LogP contribution in [0, 0.1) is 11.1 Å². The van der Waals surface area contributed by atoms with Gasteiger partial charge in [0.05, 0.1) is 18.6 Å². The van der Waals surface area contributed by atoms with Crippen molar-refractivity contribution in [2.75, 3.05) is 0 Å². The van der Waals surface area contributed by atoms with E-state index in [4.69, 9.17) is 11.1 Å². The molecule has 0 aliphatic carbocycles. The van der Waals surface area contributed by atoms with Crippen LogP contribution in [0.3, 0.4) is 0 Å². The van der Waals surface area contributed by atoms with E-state index >= 15 is 0 Å². The Morgan fingerprint density at radius 1 is 0.895 bits per heavy atom. The fourth-order valence-corrected chi connectivity index (χ4v) is 2.51. The van der Waals surface area contributed by atoms with Crippen molar-refractivity contribution in [1.29, 1.82) is 11.1 Å². The highest BCUT2D eigenvalue weighted by Gasteiger charge is 2.11. The molecule has 19 heavy (non-hydrogen) atoms. The summed E-state index contributed by atoms with van der Waals surface area (Å²) in [5.74, 6) is 0. The van der Waals surface area contributed by atoms with Crippen LogP contribution in [0.1, 0.15) is 11.1 Å². The average Bonchev–Trinajstić information content (AvgIpc) is 2.81. The van der Waals surface area contributed by atoms with Crippen LogP contribution in [-0.2, 0) is 13.1 Å². The molecule has 0 radical (unpaired) electrons. The second kappa shape index (κ2) is 4.61. The van der Waals surface area contributed by atoms with Crippen molar-refractivity contribution in [1.82, 2.24) is 4.98 Å². The molecule has 0 unspecified atom stereocenters. The zero-order chi connectivity index (χ0) is 13.2. The molecule has 3 aromatic rings. The third-order valence-electron chi connectivity index (χ3n) is 3.37. The van der Waals surface area contributed by atoms with Crippen molar-refractivity contribution in [2.24, 2.45) is 10.2 Å². The van der Waals surface area contributed by atoms with Gasteiger partial charge in [0.1, 0.15) is 0 Å². The van der Waals surface area contributed by atoms with E-state index < -0.39 is 0 Å². The van der Waals surface area contributed by atoms with Gasteiger partial charge in [0, 0.05) is 21.9 Å². The molecule has 3 N–H and O–H groups in total. The van der Waals surface area contributed by atoms with Crippen molar-refractivity contribution >= 4 is 21.8 Å². The van der Waals surface area contributed by atoms with Gasteiger partial charge in [-0.3, -0.25) is 0 Å². The summed E-state index contributed by atoms with van der Waals surface area (Å²) in [6.07, 6.45) is 0. The van der Waals surface area contributed by atoms with E-state index in [2.05, 4.69) is 21.3 Å². The van der Waals surface area contributed by atoms with Crippen LogP contribution < -0.4 is 0 Å². The Balaban J connectivity index is 2.37. The van der Waals surface area contributed by atoms with Gasteiger partial charge >= 0.3 is 0 Å². The standard InChI is InChI=1S/C14H13N5/c15-17-7-9-5-6-11-10-3-1-2-4-13(10)19-14(11)12(9)8-18-16/h1-6,15-16,19H,7-8H2. The number of nitrogens with one attached hydrogen (secondary N) is 3. The molecule has 0 saturated carbocycles. The normalized spacial score (nSPS) is 10.9. The highest BCUT2D eigenvalue weighted by molar-refractivity contribution is 6.08. The third kappa shape index (κ3) is 1.79. The Morgan fingerprint density at radius 3 is 2.47 bits per heavy atom. The van der Waals surface area contributed by atoms with Gasteiger partial charge in [-0.1, -0.05) is 30.3 Å². The fraction of sp³-hybridized carbons (Fsp3) is 0.143. The van der Waals surface area contributed by atoms with Gasteiger partial charge in [-0.15, -0.1) is 0 Å². The van der Waals surface area contributed by atoms with Gasteiger partial charge in [0.25, 0.3) is 0 Å². The summed E-state index contributed by atoms with van der Waals surface area (Å²) < 4.78 is 0. The summed E-state index contributed by atoms with van der Waals surface area (Å²) in [6, 6.07) is 12.1. The second-order valence-corrected chi connectivity index (χ2v) is 4.43. The lowest BCUT2D eigenvalue weighted by atomic mass is 10.0. The number of nitrogens with zero attached hydrogens (tertiary/aromatic N) is 2. The van der Waals surface area contributed by atoms with Crippen LogP contribution >= 0.6 is 0 Å². The molecule has 0 fully saturated rings. The van der Waals surface area contributed by atoms with Gasteiger partial charge < -0.3 is 4.98 Å². The van der Waals surface area contributed by atoms with Crippen molar-refractivity contribution in [3.8, 4) is 0 Å². The molecule has 0 aliphatic rings. The molecular weight excluding hydrogens is 238 g/mol. The molecule has 5 heteroatoms. The van der Waals surface area contributed by atoms with E-state index in [1.54, 1.807) is 0 Å². The largest absolute Gasteiger partial charge is 0.354 e. The minimum Gasteiger partial charge on any atom is -0.354 e. The molecule has 5 nitrogen and oxygen atoms in total. The van der Waals surface area contributed by atoms with Gasteiger partial charge in [0.15, 0.2) is 0 Å². The molecule has 3 rings (SSSR count). The monoisotopic (exact) mass is 251 g/mol. The molecule has 0 saturated heterocycles. The number of rotatable bonds is 4. The van der Waals surface area contributed by atoms with Crippen LogP contribution in [-0.4, -0.2) is 4.98 Å². The molecule has 0 atom stereocenters. The Labute approximate surface area is 109 Å². The van der Waals surface area contributed by atoms with Gasteiger partial charge in [-0.25, -0.2) is 11.1 Å². The number of aromatic nitrogens is 1. The van der Waals surface area contributed by atoms with E-state index in [-0.39, 0.29) is 0 Å². The summed E-state index contributed by atoms with van der Waals surface area (Å²) in [5.41, 5.74) is 18.1. The van der Waals surface area contributed by atoms with Crippen molar-refractivity contribution in [2.45, 2.75) is 13.1 Å². The first-order chi connectivity index (χ1) is 9.35. The first kappa shape index (κ1) is 11.5. The molecule has 0 aliphatic heterocycles. The van der Waals surface area contributed by atoms with Gasteiger partial charge in [-0.05, 0) is 11.6 Å². The highest BCUT2D eigenvalue weighted by atomic mass is 15.0. The summed E-state index contributed by atoms with van der Waals surface area (Å²) in [7, 11) is 0. The lowest BCUT2D eigenvalue weighted by molar-refractivity contribution is 0.858. The van der Waals surface area contributed by atoms with Crippen molar-refractivity contribution < 1.29 is 0 Å². The second-order valence-electron chi connectivity index (χ2n) is 4.43. The summed E-state index contributed by atoms with van der Waals surface area (Å²) in [4.78, 5) is 3.38. The van der Waals surface area contributed by atoms with E-state index in [0.29, 0.717) is 13.1 Å². The first-order valence-electron chi connectivity index (χ1n) is 6.02. The molecule has 1 aromatic heterocycles. The molecule has 2 aromatic carbocycles. The molecule has 94 valence electrons. The van der Waals surface area contributed by atoms with Crippen molar-refractivity contribution in [3.05, 3.63) is 47.5 Å². The van der Waals surface area contributed by atoms with E-state index in [9.17, 15) is 0 Å². The van der Waals surface area contributed by atoms with E-state index in [1.807, 2.05) is 30.3 Å². The maximum atomic E-state index is 7.11. The minimum atomic E-state index is 0.314. The van der Waals surface area contributed by atoms with Crippen LogP contribution in [0.5, 0.6) is 0 Å². The van der Waals surface area contributed by atoms with E-state index in [1.165, 1.54) is 0 Å². The number of para-hydroxylation sites is 1. The zero-order valence-electron chi connectivity index (χ0n) is 10.3. The Hall–Kier alpha value is -2.56. The summed E-state index contributed by atoms with van der Waals surface area (Å²) >= 11 is 0. The highest BCUT2D eigenvalue weighted by Crippen LogP contribution is 2.30. The number of aromatic amines is 1. The number of fused-ring (bicyclic) bond motifs is 3. The van der Waals surface area contributed by atoms with Crippen LogP contribution in [0.25, 0.3) is 21.8 Å². The zero-order valence-corrected chi connectivity index (χ0v) is 10.3. The lowest BCUT2D eigenvalue weighted by Gasteiger charge is -2.05. The summed E-state index contributed by atoms with van der Waals surface area (Å²) in [5, 5.41) is 9.23. The fourth-order valence-electron chi connectivity index (χ4n) is 2.51. The molecule has 0 bridgehead atoms. The summed E-state index contributed by atoms with van der Waals surface area (Å²) in [6.45, 7) is 0.644.